The molecule has 20 heavy (non-hydrogen) atoms. The third kappa shape index (κ3) is 1.19. The van der Waals surface area contributed by atoms with Crippen molar-refractivity contribution in [2.24, 2.45) is 0 Å². The molecule has 2 nitrogen and oxygen atoms in total. The van der Waals surface area contributed by atoms with Gasteiger partial charge < -0.3 is 0 Å². The molecule has 1 aliphatic rings. The van der Waals surface area contributed by atoms with Gasteiger partial charge in [0.15, 0.2) is 0 Å². The maximum Gasteiger partial charge on any atom is 0.234 e. The molecular weight excluding hydrogens is 248 g/mol. The summed E-state index contributed by atoms with van der Waals surface area (Å²) in [6.07, 6.45) is 1.80. The van der Waals surface area contributed by atoms with Crippen molar-refractivity contribution in [2.75, 3.05) is 0 Å². The van der Waals surface area contributed by atoms with Crippen LogP contribution in [0.15, 0.2) is 33.9 Å². The van der Waals surface area contributed by atoms with Crippen molar-refractivity contribution >= 4 is 10.8 Å². The van der Waals surface area contributed by atoms with E-state index in [1.807, 2.05) is 13.0 Å². The van der Waals surface area contributed by atoms with Crippen molar-refractivity contribution in [3.05, 3.63) is 67.0 Å². The van der Waals surface area contributed by atoms with E-state index in [0.29, 0.717) is 10.8 Å². The first-order valence-corrected chi connectivity index (χ1v) is 6.94. The molecule has 0 atom stereocenters. The topological polar surface area (TPSA) is 34.1 Å². The van der Waals surface area contributed by atoms with Gasteiger partial charge in [0.25, 0.3) is 0 Å². The normalized spacial score (nSPS) is 13.5. The second-order valence-electron chi connectivity index (χ2n) is 5.67. The fourth-order valence-electron chi connectivity index (χ4n) is 3.62. The Kier molecular flexibility index (Phi) is 2.12. The lowest BCUT2D eigenvalue weighted by Crippen LogP contribution is -2.33. The molecule has 0 radical (unpaired) electrons. The highest BCUT2D eigenvalue weighted by Gasteiger charge is 2.27. The van der Waals surface area contributed by atoms with E-state index in [1.165, 1.54) is 16.7 Å². The van der Waals surface area contributed by atoms with Gasteiger partial charge in [0.1, 0.15) is 0 Å². The van der Waals surface area contributed by atoms with Crippen LogP contribution in [0.25, 0.3) is 21.9 Å². The van der Waals surface area contributed by atoms with E-state index < -0.39 is 0 Å². The summed E-state index contributed by atoms with van der Waals surface area (Å²) >= 11 is 0. The molecule has 0 heterocycles. The Morgan fingerprint density at radius 1 is 0.850 bits per heavy atom. The predicted octanol–water partition coefficient (Wildman–Crippen LogP) is 2.82. The van der Waals surface area contributed by atoms with Crippen LogP contribution in [0.5, 0.6) is 0 Å². The van der Waals surface area contributed by atoms with Crippen molar-refractivity contribution in [2.45, 2.75) is 26.7 Å². The van der Waals surface area contributed by atoms with Crippen molar-refractivity contribution in [1.29, 1.82) is 0 Å². The molecule has 0 fully saturated rings. The molecule has 0 aromatic heterocycles. The van der Waals surface area contributed by atoms with Crippen LogP contribution in [0.2, 0.25) is 0 Å². The Bertz CT molecular complexity index is 954. The van der Waals surface area contributed by atoms with Crippen LogP contribution in [0.1, 0.15) is 22.3 Å². The molecule has 0 saturated heterocycles. The van der Waals surface area contributed by atoms with Crippen molar-refractivity contribution in [1.82, 2.24) is 0 Å². The maximum absolute atomic E-state index is 12.0. The summed E-state index contributed by atoms with van der Waals surface area (Å²) < 4.78 is 0. The molecule has 3 aromatic rings. The highest BCUT2D eigenvalue weighted by Crippen LogP contribution is 2.40. The van der Waals surface area contributed by atoms with E-state index in [2.05, 4.69) is 25.1 Å². The third-order valence-corrected chi connectivity index (χ3v) is 4.76. The van der Waals surface area contributed by atoms with Gasteiger partial charge in [-0.25, -0.2) is 0 Å². The largest absolute Gasteiger partial charge is 0.285 e. The summed E-state index contributed by atoms with van der Waals surface area (Å²) in [5.74, 6) is 0. The Labute approximate surface area is 116 Å². The second kappa shape index (κ2) is 3.66. The Hall–Kier alpha value is -2.22. The zero-order chi connectivity index (χ0) is 14.0. The molecule has 0 unspecified atom stereocenters. The lowest BCUT2D eigenvalue weighted by Gasteiger charge is -2.25. The molecule has 0 aliphatic heterocycles. The van der Waals surface area contributed by atoms with Crippen LogP contribution in [0.3, 0.4) is 0 Å². The van der Waals surface area contributed by atoms with Crippen LogP contribution in [0.4, 0.5) is 0 Å². The SMILES string of the molecule is Cc1c2c(c3c(=O)c(=O)c3c1C)CCc1ccccc1-2. The molecule has 0 bridgehead atoms. The van der Waals surface area contributed by atoms with Crippen molar-refractivity contribution in [3.63, 3.8) is 0 Å². The minimum absolute atomic E-state index is 0.293. The Morgan fingerprint density at radius 3 is 2.35 bits per heavy atom. The summed E-state index contributed by atoms with van der Waals surface area (Å²) in [7, 11) is 0. The molecule has 2 heteroatoms. The van der Waals surface area contributed by atoms with Gasteiger partial charge >= 0.3 is 0 Å². The summed E-state index contributed by atoms with van der Waals surface area (Å²) in [5, 5.41) is 1.37. The molecule has 0 spiro atoms. The minimum Gasteiger partial charge on any atom is -0.285 e. The standard InChI is InChI=1S/C18H14O2/c1-9-10(2)15-16(18(20)17(15)19)13-8-7-11-5-3-4-6-12(11)14(9)13/h3-6H,7-8H2,1-2H3. The van der Waals surface area contributed by atoms with Crippen LogP contribution in [-0.4, -0.2) is 0 Å². The number of hydrogen-bond acceptors (Lipinski definition) is 2. The minimum atomic E-state index is -0.303. The lowest BCUT2D eigenvalue weighted by atomic mass is 9.77. The highest BCUT2D eigenvalue weighted by atomic mass is 16.2. The first-order valence-electron chi connectivity index (χ1n) is 6.94. The van der Waals surface area contributed by atoms with Gasteiger partial charge in [-0.15, -0.1) is 0 Å². The Morgan fingerprint density at radius 2 is 1.55 bits per heavy atom. The molecule has 0 amide bonds. The van der Waals surface area contributed by atoms with Gasteiger partial charge in [-0.2, -0.15) is 0 Å². The monoisotopic (exact) mass is 262 g/mol. The molecule has 1 aliphatic carbocycles. The number of aryl methyl sites for hydroxylation is 3. The number of fused-ring (bicyclic) bond motifs is 5. The molecule has 0 N–H and O–H groups in total. The number of rotatable bonds is 0. The quantitative estimate of drug-likeness (QED) is 0.584. The van der Waals surface area contributed by atoms with Gasteiger partial charge in [0.05, 0.1) is 0 Å². The molecular formula is C18H14O2. The number of benzene rings is 2. The number of hydrogen-bond donors (Lipinski definition) is 0. The predicted molar refractivity (Wildman–Crippen MR) is 81.2 cm³/mol. The fourth-order valence-corrected chi connectivity index (χ4v) is 3.62. The van der Waals surface area contributed by atoms with E-state index in [1.54, 1.807) is 0 Å². The smallest absolute Gasteiger partial charge is 0.234 e. The first kappa shape index (κ1) is 11.6. The van der Waals surface area contributed by atoms with E-state index >= 15 is 0 Å². The van der Waals surface area contributed by atoms with Gasteiger partial charge in [0, 0.05) is 10.8 Å². The van der Waals surface area contributed by atoms with E-state index in [0.717, 1.165) is 29.5 Å². The summed E-state index contributed by atoms with van der Waals surface area (Å²) in [5.41, 5.74) is 6.35. The van der Waals surface area contributed by atoms with Crippen molar-refractivity contribution in [3.8, 4) is 11.1 Å². The van der Waals surface area contributed by atoms with Crippen molar-refractivity contribution < 1.29 is 0 Å². The third-order valence-electron chi connectivity index (χ3n) is 4.76. The van der Waals surface area contributed by atoms with Crippen LogP contribution >= 0.6 is 0 Å². The maximum atomic E-state index is 12.0. The average Bonchev–Trinajstić information content (AvgIpc) is 2.48. The van der Waals surface area contributed by atoms with Crippen LogP contribution in [0, 0.1) is 13.8 Å². The van der Waals surface area contributed by atoms with Crippen LogP contribution < -0.4 is 10.9 Å². The van der Waals surface area contributed by atoms with Gasteiger partial charge in [-0.05, 0) is 60.1 Å². The fraction of sp³-hybridized carbons (Fsp3) is 0.222. The van der Waals surface area contributed by atoms with E-state index in [4.69, 9.17) is 0 Å². The van der Waals surface area contributed by atoms with Gasteiger partial charge in [-0.3, -0.25) is 9.59 Å². The summed E-state index contributed by atoms with van der Waals surface area (Å²) in [6, 6.07) is 8.37. The molecule has 0 saturated carbocycles. The molecule has 98 valence electrons. The first-order chi connectivity index (χ1) is 9.61. The van der Waals surface area contributed by atoms with Gasteiger partial charge in [-0.1, -0.05) is 24.3 Å². The molecule has 3 aromatic carbocycles. The zero-order valence-electron chi connectivity index (χ0n) is 11.5. The average molecular weight is 262 g/mol. The zero-order valence-corrected chi connectivity index (χ0v) is 11.5. The Balaban J connectivity index is 2.23. The lowest BCUT2D eigenvalue weighted by molar-refractivity contribution is 0.944. The summed E-state index contributed by atoms with van der Waals surface area (Å²) in [4.78, 5) is 23.8. The van der Waals surface area contributed by atoms with E-state index in [-0.39, 0.29) is 10.9 Å². The van der Waals surface area contributed by atoms with Gasteiger partial charge in [0.2, 0.25) is 10.9 Å². The highest BCUT2D eigenvalue weighted by molar-refractivity contribution is 6.00. The van der Waals surface area contributed by atoms with Crippen LogP contribution in [-0.2, 0) is 12.8 Å². The second-order valence-corrected chi connectivity index (χ2v) is 5.67. The summed E-state index contributed by atoms with van der Waals surface area (Å²) in [6.45, 7) is 4.02. The molecule has 4 rings (SSSR count). The van der Waals surface area contributed by atoms with E-state index in [9.17, 15) is 9.59 Å².